The van der Waals surface area contributed by atoms with Crippen LogP contribution in [0.4, 0.5) is 0 Å². The largest absolute Gasteiger partial charge is 0.452 e. The second-order valence-corrected chi connectivity index (χ2v) is 34.1. The van der Waals surface area contributed by atoms with Crippen LogP contribution in [0.5, 0.6) is 0 Å². The molecule has 2 amide bonds. The monoisotopic (exact) mass is 1750 g/mol. The summed E-state index contributed by atoms with van der Waals surface area (Å²) in [6.07, 6.45) is -10.4. The number of unbranched alkanes of at least 4 members (excludes halogenated alkanes) is 31. The summed E-state index contributed by atoms with van der Waals surface area (Å²) in [6, 6.07) is 4.99. The number of amides is 2. The van der Waals surface area contributed by atoms with Crippen LogP contribution in [-0.4, -0.2) is 304 Å². The molecule has 6 rings (SSSR count). The second kappa shape index (κ2) is 55.6. The predicted molar refractivity (Wildman–Crippen MR) is 426 cm³/mol. The molecule has 1 aromatic rings. The second-order valence-electron chi connectivity index (χ2n) is 32.0. The highest BCUT2D eigenvalue weighted by Gasteiger charge is 2.59. The Labute approximate surface area is 700 Å². The molecule has 36 nitrogen and oxygen atoms in total. The molecule has 0 saturated carbocycles. The maximum absolute atomic E-state index is 14.1. The summed E-state index contributed by atoms with van der Waals surface area (Å²) in [6.45, 7) is 1.41. The lowest BCUT2D eigenvalue weighted by molar-refractivity contribution is -0.391. The summed E-state index contributed by atoms with van der Waals surface area (Å²) >= 11 is 0. The zero-order chi connectivity index (χ0) is 87.0. The number of aliphatic hydroxyl groups is 12. The Morgan fingerprint density at radius 2 is 0.849 bits per heavy atom. The van der Waals surface area contributed by atoms with Crippen molar-refractivity contribution >= 4 is 38.6 Å². The van der Waals surface area contributed by atoms with Crippen LogP contribution in [0.3, 0.4) is 0 Å². The molecule has 0 unspecified atom stereocenters. The van der Waals surface area contributed by atoms with Crippen LogP contribution in [0.1, 0.15) is 256 Å². The van der Waals surface area contributed by atoms with Crippen LogP contribution in [0.15, 0.2) is 42.5 Å². The quantitative estimate of drug-likeness (QED) is 0.0185. The summed E-state index contributed by atoms with van der Waals surface area (Å²) in [5.41, 5.74) is 0.214. The van der Waals surface area contributed by atoms with Crippen molar-refractivity contribution in [2.45, 2.75) is 412 Å². The third-order valence-corrected chi connectivity index (χ3v) is 23.2. The number of hydrogen-bond acceptors (Lipinski definition) is 32. The maximum Gasteiger partial charge on any atom is 0.397 e. The van der Waals surface area contributed by atoms with Gasteiger partial charge in [0.05, 0.1) is 50.7 Å². The Balaban J connectivity index is 1.18. The fourth-order valence-electron chi connectivity index (χ4n) is 15.5. The molecule has 1 aromatic carbocycles. The maximum atomic E-state index is 14.1. The van der Waals surface area contributed by atoms with Crippen molar-refractivity contribution in [1.82, 2.24) is 10.6 Å². The van der Waals surface area contributed by atoms with Gasteiger partial charge in [-0.1, -0.05) is 231 Å². The molecule has 38 heteroatoms. The van der Waals surface area contributed by atoms with Gasteiger partial charge in [0.2, 0.25) is 11.8 Å². The number of allylic oxidation sites excluding steroid dienone is 1. The summed E-state index contributed by atoms with van der Waals surface area (Å²) in [4.78, 5) is 41.5. The van der Waals surface area contributed by atoms with Gasteiger partial charge in [0.1, 0.15) is 116 Å². The molecule has 0 spiro atoms. The van der Waals surface area contributed by atoms with Gasteiger partial charge in [-0.3, -0.25) is 18.7 Å². The lowest BCUT2D eigenvalue weighted by Crippen LogP contribution is -2.71. The fraction of sp³-hybridized carbons (Fsp3) is 0.864. The molecule has 0 bridgehead atoms. The van der Waals surface area contributed by atoms with Crippen molar-refractivity contribution in [3.63, 3.8) is 0 Å². The Bertz CT molecular complexity index is 3210. The van der Waals surface area contributed by atoms with Crippen LogP contribution < -0.4 is 10.6 Å². The van der Waals surface area contributed by atoms with E-state index in [1.807, 2.05) is 6.08 Å². The van der Waals surface area contributed by atoms with E-state index >= 15 is 0 Å². The predicted octanol–water partition coefficient (Wildman–Crippen LogP) is 4.50. The van der Waals surface area contributed by atoms with Crippen LogP contribution >= 0.6 is 0 Å². The number of ether oxygens (including phenoxy) is 11. The van der Waals surface area contributed by atoms with E-state index in [4.69, 9.17) is 52.1 Å². The van der Waals surface area contributed by atoms with Gasteiger partial charge in [0, 0.05) is 13.3 Å². The van der Waals surface area contributed by atoms with E-state index in [0.29, 0.717) is 12.8 Å². The average Bonchev–Trinajstić information content (AvgIpc) is 0.758. The number of carbonyl (C=O) groups excluding carboxylic acids is 3. The number of nitrogens with one attached hydrogen (secondary N) is 2. The Kier molecular flexibility index (Phi) is 48.6. The molecule has 16 N–H and O–H groups in total. The third-order valence-electron chi connectivity index (χ3n) is 22.3. The fourth-order valence-corrected chi connectivity index (χ4v) is 16.5. The normalized spacial score (nSPS) is 32.0. The highest BCUT2D eigenvalue weighted by atomic mass is 32.3. The Hall–Kier alpha value is -3.77. The van der Waals surface area contributed by atoms with Gasteiger partial charge in [-0.2, -0.15) is 16.8 Å². The first kappa shape index (κ1) is 104. The van der Waals surface area contributed by atoms with Gasteiger partial charge in [0.15, 0.2) is 37.6 Å². The summed E-state index contributed by atoms with van der Waals surface area (Å²) in [5, 5.41) is 140. The van der Waals surface area contributed by atoms with Gasteiger partial charge in [-0.25, -0.2) is 13.2 Å². The van der Waals surface area contributed by atoms with Gasteiger partial charge < -0.3 is 124 Å². The highest BCUT2D eigenvalue weighted by Crippen LogP contribution is 2.39. The summed E-state index contributed by atoms with van der Waals surface area (Å²) < 4.78 is 144. The Morgan fingerprint density at radius 1 is 0.437 bits per heavy atom. The number of aliphatic hydroxyl groups excluding tert-OH is 12. The molecule has 5 aliphatic rings. The summed E-state index contributed by atoms with van der Waals surface area (Å²) in [5.74, 6) is -2.12. The molecule has 0 aromatic heterocycles. The van der Waals surface area contributed by atoms with Crippen molar-refractivity contribution in [2.75, 3.05) is 33.0 Å². The van der Waals surface area contributed by atoms with Crippen molar-refractivity contribution in [1.29, 1.82) is 0 Å². The number of rotatable bonds is 59. The SMILES string of the molecule is CCCCCCCCCCCCC/C=C/[C@@H](OC(=O)c1ccccc1)[C@H](CO[C@@H]1O[C@H](CO)[C@@H](O[C@@H]2O[C@H](CO)[C@H](O)[C@H](O[C@@H]3O[C@H](CO)[C@@H](O[C@@H]4O[C@H](CO)[C@H](O)[C@H](OS(=O)(=O)O)[C@H]4OS(=O)(=O)O)[C@H](O[C@@H]4O[C@@H](C)[C@@H](O)[C@@H](O)[C@@H]4O)[C@H]3NC(C)=O)[C@H]2O)[C@H](O)[C@H]1O)NC(=O)CCCCCCCCCCCCCCCCCCCCCCC. The van der Waals surface area contributed by atoms with Crippen LogP contribution in [0.25, 0.3) is 0 Å². The molecule has 690 valence electrons. The minimum atomic E-state index is -5.80. The minimum absolute atomic E-state index is 0.106. The topological polar surface area (TPSA) is 547 Å². The molecule has 119 heavy (non-hydrogen) atoms. The molecule has 0 radical (unpaired) electrons. The number of hydrogen-bond donors (Lipinski definition) is 16. The van der Waals surface area contributed by atoms with Crippen molar-refractivity contribution in [3.8, 4) is 0 Å². The van der Waals surface area contributed by atoms with E-state index in [9.17, 15) is 102 Å². The highest BCUT2D eigenvalue weighted by molar-refractivity contribution is 7.81. The van der Waals surface area contributed by atoms with Gasteiger partial charge >= 0.3 is 26.8 Å². The van der Waals surface area contributed by atoms with Crippen LogP contribution in [0.2, 0.25) is 0 Å². The molecular formula is C81H140N2O34S2. The van der Waals surface area contributed by atoms with E-state index in [-0.39, 0.29) is 12.0 Å². The van der Waals surface area contributed by atoms with E-state index in [2.05, 4.69) is 32.8 Å². The van der Waals surface area contributed by atoms with E-state index in [1.165, 1.54) is 142 Å². The van der Waals surface area contributed by atoms with E-state index < -0.39 is 237 Å². The molecular weight excluding hydrogens is 1610 g/mol. The smallest absolute Gasteiger partial charge is 0.397 e. The van der Waals surface area contributed by atoms with Crippen molar-refractivity contribution < 1.29 is 162 Å². The molecule has 5 fully saturated rings. The molecule has 5 heterocycles. The molecule has 0 aliphatic carbocycles. The summed E-state index contributed by atoms with van der Waals surface area (Å²) in [7, 11) is -11.5. The zero-order valence-corrected chi connectivity index (χ0v) is 71.1. The van der Waals surface area contributed by atoms with Crippen LogP contribution in [-0.2, 0) is 90.9 Å². The van der Waals surface area contributed by atoms with E-state index in [1.54, 1.807) is 36.4 Å². The molecule has 5 saturated heterocycles. The third kappa shape index (κ3) is 35.5. The number of benzene rings is 1. The Morgan fingerprint density at radius 3 is 1.34 bits per heavy atom. The first-order chi connectivity index (χ1) is 57.0. The number of carbonyl (C=O) groups is 3. The molecule has 5 aliphatic heterocycles. The lowest BCUT2D eigenvalue weighted by atomic mass is 9.93. The standard InChI is InChI=1S/C81H140N2O34S2/c1-5-7-9-11-13-15-17-19-20-21-22-23-24-25-26-28-30-32-34-36-41-45-60(89)83-54(55(107-76(98)53-42-38-37-39-43-53)44-40-35-33-31-29-27-18-16-14-12-10-8-6-2)50-105-78-68(96)66(94)70(58(48-86)111-78)112-80-69(97)73(63(91)56(46-84)108-80)115-77-61(82-52(4)88)72(114-79-67(95)65(93)62(90)51(3)106-79)71(59(49-87)110-77)113-81-75(117-119(102,103)104)74(116-118(99,100)101)64(92)57(47-85)109-81/h37-40,42-44,51,54-59,61-75,77-81,84-87,90-97H,5-36,41,45-50H2,1-4H3,(H,82,88)(H,83,89)(H,99,100,101)(H,102,103,104)/b44-40+/t51-,54-,55+,56+,57+,58+,59+,61+,62+,63-,64-,65+,66+,67-,68+,69+,70+,71+,72+,73-,74-,75+,77-,78+,79-,80-,81-/m0/s1. The van der Waals surface area contributed by atoms with Crippen molar-refractivity contribution in [3.05, 3.63) is 48.0 Å². The van der Waals surface area contributed by atoms with Crippen LogP contribution in [0, 0.1) is 0 Å². The van der Waals surface area contributed by atoms with Gasteiger partial charge in [-0.05, 0) is 44.4 Å². The minimum Gasteiger partial charge on any atom is -0.452 e. The lowest BCUT2D eigenvalue weighted by Gasteiger charge is -2.52. The number of esters is 1. The first-order valence-corrected chi connectivity index (χ1v) is 45.9. The van der Waals surface area contributed by atoms with E-state index in [0.717, 1.165) is 71.1 Å². The van der Waals surface area contributed by atoms with Crippen molar-refractivity contribution in [2.24, 2.45) is 0 Å². The zero-order valence-electron chi connectivity index (χ0n) is 69.4. The molecule has 27 atom stereocenters. The van der Waals surface area contributed by atoms with Gasteiger partial charge in [-0.15, -0.1) is 0 Å². The average molecular weight is 1750 g/mol. The van der Waals surface area contributed by atoms with Gasteiger partial charge in [0.25, 0.3) is 0 Å². The first-order valence-electron chi connectivity index (χ1n) is 43.2.